The van der Waals surface area contributed by atoms with Crippen LogP contribution >= 0.6 is 0 Å². The Morgan fingerprint density at radius 3 is 3.20 bits per heavy atom. The topological polar surface area (TPSA) is 35.5 Å². The largest absolute Gasteiger partial charge is 0.494 e. The molecule has 0 spiro atoms. The summed E-state index contributed by atoms with van der Waals surface area (Å²) >= 11 is 0. The molecule has 2 aliphatic heterocycles. The van der Waals surface area contributed by atoms with Crippen molar-refractivity contribution >= 4 is 5.97 Å². The molecule has 2 atom stereocenters. The SMILES string of the molecule is O=C1OC2CCCOC2=C2C=CC=CC12. The molecule has 78 valence electrons. The molecular formula is C12H12O3. The molecule has 3 nitrogen and oxygen atoms in total. The Kier molecular flexibility index (Phi) is 1.91. The van der Waals surface area contributed by atoms with Gasteiger partial charge < -0.3 is 9.47 Å². The Morgan fingerprint density at radius 2 is 2.27 bits per heavy atom. The third-order valence-electron chi connectivity index (χ3n) is 2.98. The van der Waals surface area contributed by atoms with Crippen molar-refractivity contribution in [1.82, 2.24) is 0 Å². The monoisotopic (exact) mass is 204 g/mol. The number of carbonyl (C=O) groups excluding carboxylic acids is 1. The first kappa shape index (κ1) is 8.77. The highest BCUT2D eigenvalue weighted by Gasteiger charge is 2.38. The molecule has 0 aromatic rings. The molecule has 0 bridgehead atoms. The first-order valence-electron chi connectivity index (χ1n) is 5.28. The second-order valence-corrected chi connectivity index (χ2v) is 3.96. The summed E-state index contributed by atoms with van der Waals surface area (Å²) in [6, 6.07) is 0. The first-order valence-corrected chi connectivity index (χ1v) is 5.28. The van der Waals surface area contributed by atoms with E-state index >= 15 is 0 Å². The zero-order chi connectivity index (χ0) is 10.3. The lowest BCUT2D eigenvalue weighted by atomic mass is 9.88. The van der Waals surface area contributed by atoms with Crippen molar-refractivity contribution in [2.75, 3.05) is 6.61 Å². The van der Waals surface area contributed by atoms with E-state index in [2.05, 4.69) is 0 Å². The van der Waals surface area contributed by atoms with E-state index in [0.29, 0.717) is 0 Å². The quantitative estimate of drug-likeness (QED) is 0.563. The van der Waals surface area contributed by atoms with Crippen LogP contribution in [0.25, 0.3) is 0 Å². The zero-order valence-corrected chi connectivity index (χ0v) is 8.31. The van der Waals surface area contributed by atoms with Crippen LogP contribution in [-0.2, 0) is 14.3 Å². The standard InChI is InChI=1S/C12H12O3/c13-12-9-5-2-1-4-8(9)11-10(15-12)6-3-7-14-11/h1-2,4-5,9-10H,3,6-7H2. The van der Waals surface area contributed by atoms with Gasteiger partial charge in [-0.2, -0.15) is 0 Å². The fourth-order valence-corrected chi connectivity index (χ4v) is 2.25. The van der Waals surface area contributed by atoms with E-state index in [1.807, 2.05) is 24.3 Å². The van der Waals surface area contributed by atoms with Gasteiger partial charge in [-0.15, -0.1) is 0 Å². The van der Waals surface area contributed by atoms with Gasteiger partial charge in [0.25, 0.3) is 0 Å². The lowest BCUT2D eigenvalue weighted by Gasteiger charge is -2.34. The number of ether oxygens (including phenoxy) is 2. The Balaban J connectivity index is 2.06. The van der Waals surface area contributed by atoms with Crippen LogP contribution < -0.4 is 0 Å². The Bertz CT molecular complexity index is 390. The number of hydrogen-bond acceptors (Lipinski definition) is 3. The third-order valence-corrected chi connectivity index (χ3v) is 2.98. The maximum atomic E-state index is 11.7. The van der Waals surface area contributed by atoms with E-state index in [9.17, 15) is 4.79 Å². The lowest BCUT2D eigenvalue weighted by Crippen LogP contribution is -2.36. The average Bonchev–Trinajstić information content (AvgIpc) is 2.30. The smallest absolute Gasteiger partial charge is 0.318 e. The van der Waals surface area contributed by atoms with Gasteiger partial charge in [-0.3, -0.25) is 4.79 Å². The van der Waals surface area contributed by atoms with Gasteiger partial charge in [0.1, 0.15) is 11.7 Å². The van der Waals surface area contributed by atoms with E-state index in [1.165, 1.54) is 0 Å². The molecule has 0 saturated carbocycles. The number of esters is 1. The minimum absolute atomic E-state index is 0.145. The summed E-state index contributed by atoms with van der Waals surface area (Å²) in [6.45, 7) is 0.733. The van der Waals surface area contributed by atoms with E-state index in [1.54, 1.807) is 0 Å². The Labute approximate surface area is 88.1 Å². The summed E-state index contributed by atoms with van der Waals surface area (Å²) in [4.78, 5) is 11.7. The maximum Gasteiger partial charge on any atom is 0.318 e. The van der Waals surface area contributed by atoms with Crippen LogP contribution in [0, 0.1) is 5.92 Å². The Morgan fingerprint density at radius 1 is 1.33 bits per heavy atom. The second-order valence-electron chi connectivity index (χ2n) is 3.96. The van der Waals surface area contributed by atoms with Gasteiger partial charge in [-0.05, 0) is 12.8 Å². The van der Waals surface area contributed by atoms with E-state index in [0.717, 1.165) is 30.8 Å². The van der Waals surface area contributed by atoms with E-state index in [4.69, 9.17) is 9.47 Å². The molecule has 0 amide bonds. The Hall–Kier alpha value is -1.51. The van der Waals surface area contributed by atoms with Crippen LogP contribution in [0.3, 0.4) is 0 Å². The van der Waals surface area contributed by atoms with Gasteiger partial charge in [-0.25, -0.2) is 0 Å². The highest BCUT2D eigenvalue weighted by Crippen LogP contribution is 2.35. The second kappa shape index (κ2) is 3.26. The normalized spacial score (nSPS) is 32.9. The van der Waals surface area contributed by atoms with E-state index < -0.39 is 0 Å². The molecular weight excluding hydrogens is 192 g/mol. The van der Waals surface area contributed by atoms with Crippen molar-refractivity contribution in [1.29, 1.82) is 0 Å². The fourth-order valence-electron chi connectivity index (χ4n) is 2.25. The number of fused-ring (bicyclic) bond motifs is 2. The summed E-state index contributed by atoms with van der Waals surface area (Å²) in [5.74, 6) is 0.468. The number of allylic oxidation sites excluding steroid dienone is 3. The van der Waals surface area contributed by atoms with Crippen LogP contribution in [0.4, 0.5) is 0 Å². The van der Waals surface area contributed by atoms with E-state index in [-0.39, 0.29) is 18.0 Å². The first-order chi connectivity index (χ1) is 7.36. The molecule has 3 rings (SSSR count). The molecule has 0 N–H and O–H groups in total. The minimum atomic E-state index is -0.251. The predicted molar refractivity (Wildman–Crippen MR) is 53.9 cm³/mol. The molecule has 0 aromatic carbocycles. The number of hydrogen-bond donors (Lipinski definition) is 0. The average molecular weight is 204 g/mol. The van der Waals surface area contributed by atoms with Crippen molar-refractivity contribution in [2.45, 2.75) is 18.9 Å². The minimum Gasteiger partial charge on any atom is -0.494 e. The zero-order valence-electron chi connectivity index (χ0n) is 8.31. The molecule has 3 heteroatoms. The molecule has 2 heterocycles. The summed E-state index contributed by atoms with van der Waals surface area (Å²) in [5.41, 5.74) is 0.985. The summed E-state index contributed by atoms with van der Waals surface area (Å²) in [5, 5.41) is 0. The van der Waals surface area contributed by atoms with Gasteiger partial charge in [0, 0.05) is 5.57 Å². The molecule has 3 aliphatic rings. The van der Waals surface area contributed by atoms with Crippen LogP contribution in [0.15, 0.2) is 35.6 Å². The van der Waals surface area contributed by atoms with Gasteiger partial charge >= 0.3 is 5.97 Å². The highest BCUT2D eigenvalue weighted by molar-refractivity contribution is 5.81. The summed E-state index contributed by atoms with van der Waals surface area (Å²) in [6.07, 6.45) is 9.32. The predicted octanol–water partition coefficient (Wildman–Crippen LogP) is 1.72. The maximum absolute atomic E-state index is 11.7. The summed E-state index contributed by atoms with van der Waals surface area (Å²) < 4.78 is 11.0. The van der Waals surface area contributed by atoms with Crippen LogP contribution in [0.2, 0.25) is 0 Å². The molecule has 15 heavy (non-hydrogen) atoms. The lowest BCUT2D eigenvalue weighted by molar-refractivity contribution is -0.156. The molecule has 2 unspecified atom stereocenters. The van der Waals surface area contributed by atoms with Crippen molar-refractivity contribution in [3.63, 3.8) is 0 Å². The molecule has 1 saturated heterocycles. The van der Waals surface area contributed by atoms with Crippen molar-refractivity contribution in [3.8, 4) is 0 Å². The molecule has 0 aromatic heterocycles. The van der Waals surface area contributed by atoms with Crippen molar-refractivity contribution < 1.29 is 14.3 Å². The van der Waals surface area contributed by atoms with Crippen LogP contribution in [0.1, 0.15) is 12.8 Å². The van der Waals surface area contributed by atoms with Gasteiger partial charge in [0.15, 0.2) is 6.10 Å². The van der Waals surface area contributed by atoms with Crippen LogP contribution in [0.5, 0.6) is 0 Å². The van der Waals surface area contributed by atoms with Gasteiger partial charge in [0.2, 0.25) is 0 Å². The van der Waals surface area contributed by atoms with Gasteiger partial charge in [0.05, 0.1) is 6.61 Å². The summed E-state index contributed by atoms with van der Waals surface area (Å²) in [7, 11) is 0. The fraction of sp³-hybridized carbons (Fsp3) is 0.417. The molecule has 0 radical (unpaired) electrons. The van der Waals surface area contributed by atoms with Crippen LogP contribution in [-0.4, -0.2) is 18.7 Å². The molecule has 1 aliphatic carbocycles. The number of carbonyl (C=O) groups is 1. The third kappa shape index (κ3) is 1.30. The number of rotatable bonds is 0. The molecule has 1 fully saturated rings. The van der Waals surface area contributed by atoms with Gasteiger partial charge in [-0.1, -0.05) is 24.3 Å². The van der Waals surface area contributed by atoms with Crippen molar-refractivity contribution in [3.05, 3.63) is 35.6 Å². The highest BCUT2D eigenvalue weighted by atomic mass is 16.6. The van der Waals surface area contributed by atoms with Crippen molar-refractivity contribution in [2.24, 2.45) is 5.92 Å².